The number of hydrogen-bond acceptors (Lipinski definition) is 2. The van der Waals surface area contributed by atoms with Crippen molar-refractivity contribution < 1.29 is 17.6 Å². The van der Waals surface area contributed by atoms with Gasteiger partial charge in [-0.2, -0.15) is 0 Å². The van der Waals surface area contributed by atoms with Crippen LogP contribution >= 0.6 is 0 Å². The molecular formula is C39H52F4N2. The van der Waals surface area contributed by atoms with Gasteiger partial charge in [0.05, 0.1) is 0 Å². The summed E-state index contributed by atoms with van der Waals surface area (Å²) in [6.45, 7) is 12.5. The molecule has 0 amide bonds. The zero-order valence-electron chi connectivity index (χ0n) is 27.9. The fourth-order valence-corrected chi connectivity index (χ4v) is 6.98. The Morgan fingerprint density at radius 1 is 0.889 bits per heavy atom. The SMILES string of the molecule is C=C(CNC(CCC)(CCCC1CCCC1)c1ccc(-c2cc(C(C)(C)F)cc(C(C)(F)F)c2)cc1)NC1=CC(C)=C(F)CC1. The summed E-state index contributed by atoms with van der Waals surface area (Å²) in [6.07, 6.45) is 13.4. The molecule has 2 aliphatic rings. The predicted octanol–water partition coefficient (Wildman–Crippen LogP) is 11.6. The first-order valence-electron chi connectivity index (χ1n) is 16.8. The van der Waals surface area contributed by atoms with Gasteiger partial charge < -0.3 is 10.6 Å². The summed E-state index contributed by atoms with van der Waals surface area (Å²) in [5.74, 6) is -2.34. The molecule has 45 heavy (non-hydrogen) atoms. The van der Waals surface area contributed by atoms with E-state index in [1.807, 2.05) is 18.2 Å². The predicted molar refractivity (Wildman–Crippen MR) is 179 cm³/mol. The van der Waals surface area contributed by atoms with Gasteiger partial charge in [0.25, 0.3) is 5.92 Å². The van der Waals surface area contributed by atoms with Gasteiger partial charge in [-0.25, -0.2) is 17.6 Å². The van der Waals surface area contributed by atoms with E-state index in [1.165, 1.54) is 58.1 Å². The summed E-state index contributed by atoms with van der Waals surface area (Å²) >= 11 is 0. The molecule has 0 aliphatic heterocycles. The average Bonchev–Trinajstić information content (AvgIpc) is 3.50. The molecule has 2 N–H and O–H groups in total. The van der Waals surface area contributed by atoms with E-state index in [1.54, 1.807) is 13.0 Å². The smallest absolute Gasteiger partial charge is 0.270 e. The van der Waals surface area contributed by atoms with E-state index < -0.39 is 11.6 Å². The molecule has 1 atom stereocenters. The van der Waals surface area contributed by atoms with E-state index in [0.29, 0.717) is 30.5 Å². The van der Waals surface area contributed by atoms with E-state index in [0.717, 1.165) is 61.0 Å². The first kappa shape index (κ1) is 35.0. The fraction of sp³-hybridized carbons (Fsp3) is 0.538. The van der Waals surface area contributed by atoms with Crippen molar-refractivity contribution in [3.63, 3.8) is 0 Å². The van der Waals surface area contributed by atoms with E-state index in [9.17, 15) is 17.6 Å². The molecular weight excluding hydrogens is 572 g/mol. The van der Waals surface area contributed by atoms with Crippen LogP contribution in [0.4, 0.5) is 17.6 Å². The van der Waals surface area contributed by atoms with Crippen LogP contribution in [0.5, 0.6) is 0 Å². The Morgan fingerprint density at radius 3 is 2.16 bits per heavy atom. The Hall–Kier alpha value is -2.86. The number of halogens is 4. The molecule has 0 heterocycles. The van der Waals surface area contributed by atoms with E-state index in [-0.39, 0.29) is 22.5 Å². The molecule has 1 saturated carbocycles. The minimum Gasteiger partial charge on any atom is -0.362 e. The number of allylic oxidation sites excluding steroid dienone is 4. The number of rotatable bonds is 15. The Labute approximate surface area is 268 Å². The summed E-state index contributed by atoms with van der Waals surface area (Å²) in [6, 6.07) is 12.6. The molecule has 6 heteroatoms. The lowest BCUT2D eigenvalue weighted by molar-refractivity contribution is 0.0172. The minimum absolute atomic E-state index is 0.0586. The highest BCUT2D eigenvalue weighted by molar-refractivity contribution is 5.66. The fourth-order valence-electron chi connectivity index (χ4n) is 6.98. The molecule has 0 spiro atoms. The summed E-state index contributed by atoms with van der Waals surface area (Å²) < 4.78 is 57.7. The van der Waals surface area contributed by atoms with E-state index in [2.05, 4.69) is 36.3 Å². The van der Waals surface area contributed by atoms with Crippen LogP contribution in [0.15, 0.2) is 77.9 Å². The maximum atomic E-state index is 15.0. The molecule has 2 nitrogen and oxygen atoms in total. The topological polar surface area (TPSA) is 24.1 Å². The average molecular weight is 625 g/mol. The third kappa shape index (κ3) is 9.34. The highest BCUT2D eigenvalue weighted by atomic mass is 19.3. The molecule has 2 aliphatic carbocycles. The van der Waals surface area contributed by atoms with Gasteiger partial charge in [-0.3, -0.25) is 0 Å². The quantitative estimate of drug-likeness (QED) is 0.193. The van der Waals surface area contributed by atoms with Crippen LogP contribution in [0.3, 0.4) is 0 Å². The van der Waals surface area contributed by atoms with Gasteiger partial charge >= 0.3 is 0 Å². The van der Waals surface area contributed by atoms with Gasteiger partial charge in [-0.1, -0.05) is 82.7 Å². The molecule has 2 aromatic carbocycles. The lowest BCUT2D eigenvalue weighted by Crippen LogP contribution is -2.44. The van der Waals surface area contributed by atoms with Crippen LogP contribution in [0.25, 0.3) is 11.1 Å². The van der Waals surface area contributed by atoms with E-state index >= 15 is 0 Å². The second kappa shape index (κ2) is 14.7. The number of benzene rings is 2. The zero-order valence-corrected chi connectivity index (χ0v) is 27.9. The largest absolute Gasteiger partial charge is 0.362 e. The molecule has 0 radical (unpaired) electrons. The Kier molecular flexibility index (Phi) is 11.4. The van der Waals surface area contributed by atoms with Crippen LogP contribution in [0.2, 0.25) is 0 Å². The number of nitrogens with one attached hydrogen (secondary N) is 2. The van der Waals surface area contributed by atoms with Crippen LogP contribution < -0.4 is 10.6 Å². The Morgan fingerprint density at radius 2 is 1.56 bits per heavy atom. The zero-order chi connectivity index (χ0) is 32.8. The van der Waals surface area contributed by atoms with Gasteiger partial charge in [-0.15, -0.1) is 0 Å². The monoisotopic (exact) mass is 624 g/mol. The van der Waals surface area contributed by atoms with Gasteiger partial charge in [0.15, 0.2) is 0 Å². The van der Waals surface area contributed by atoms with Gasteiger partial charge in [0.1, 0.15) is 11.5 Å². The first-order valence-corrected chi connectivity index (χ1v) is 16.8. The van der Waals surface area contributed by atoms with Crippen molar-refractivity contribution >= 4 is 0 Å². The molecule has 0 bridgehead atoms. The third-order valence-corrected chi connectivity index (χ3v) is 9.67. The van der Waals surface area contributed by atoms with Crippen LogP contribution in [0.1, 0.15) is 122 Å². The molecule has 1 fully saturated rings. The minimum atomic E-state index is -3.08. The standard InChI is InChI=1S/C39H52F4N2/c1-7-20-39(21-10-13-29-11-8-9-12-29,44-26-28(3)45-35-18-19-36(40)27(2)22-35)32-16-14-30(15-17-32)31-23-33(37(4,5)41)25-34(24-31)38(6,42)43/h14-17,22-25,29,44-45H,3,7-13,18-21,26H2,1-2,4-6H3. The first-order chi connectivity index (χ1) is 21.2. The Balaban J connectivity index is 1.61. The maximum absolute atomic E-state index is 15.0. The summed E-state index contributed by atoms with van der Waals surface area (Å²) in [5, 5.41) is 7.29. The number of alkyl halides is 3. The van der Waals surface area contributed by atoms with Crippen molar-refractivity contribution in [3.05, 3.63) is 94.6 Å². The molecule has 2 aromatic rings. The van der Waals surface area contributed by atoms with Crippen molar-refractivity contribution in [2.24, 2.45) is 5.92 Å². The van der Waals surface area contributed by atoms with Gasteiger partial charge in [0.2, 0.25) is 0 Å². The van der Waals surface area contributed by atoms with Crippen molar-refractivity contribution in [2.75, 3.05) is 6.54 Å². The van der Waals surface area contributed by atoms with Crippen LogP contribution in [-0.4, -0.2) is 6.54 Å². The molecule has 1 unspecified atom stereocenters. The second-order valence-corrected chi connectivity index (χ2v) is 14.0. The molecule has 4 rings (SSSR count). The van der Waals surface area contributed by atoms with Crippen LogP contribution in [0, 0.1) is 5.92 Å². The Bertz CT molecular complexity index is 1340. The number of hydrogen-bond donors (Lipinski definition) is 2. The summed E-state index contributed by atoms with van der Waals surface area (Å²) in [4.78, 5) is 0. The van der Waals surface area contributed by atoms with E-state index in [4.69, 9.17) is 0 Å². The third-order valence-electron chi connectivity index (χ3n) is 9.67. The highest BCUT2D eigenvalue weighted by Gasteiger charge is 2.32. The normalized spacial score (nSPS) is 17.8. The second-order valence-electron chi connectivity index (χ2n) is 14.0. The van der Waals surface area contributed by atoms with Crippen molar-refractivity contribution in [1.82, 2.24) is 10.6 Å². The van der Waals surface area contributed by atoms with Crippen molar-refractivity contribution in [2.45, 2.75) is 122 Å². The molecule has 246 valence electrons. The lowest BCUT2D eigenvalue weighted by Gasteiger charge is -2.37. The summed E-state index contributed by atoms with van der Waals surface area (Å²) in [7, 11) is 0. The lowest BCUT2D eigenvalue weighted by atomic mass is 9.79. The maximum Gasteiger partial charge on any atom is 0.270 e. The van der Waals surface area contributed by atoms with Gasteiger partial charge in [-0.05, 0) is 98.1 Å². The molecule has 0 saturated heterocycles. The van der Waals surface area contributed by atoms with Crippen molar-refractivity contribution in [1.29, 1.82) is 0 Å². The van der Waals surface area contributed by atoms with Gasteiger partial charge in [0, 0.05) is 42.4 Å². The molecule has 0 aromatic heterocycles. The van der Waals surface area contributed by atoms with Crippen LogP contribution in [-0.2, 0) is 17.1 Å². The van der Waals surface area contributed by atoms with Crippen molar-refractivity contribution in [3.8, 4) is 11.1 Å². The summed E-state index contributed by atoms with van der Waals surface area (Å²) in [5.41, 5.74) is 2.97. The highest BCUT2D eigenvalue weighted by Crippen LogP contribution is 2.39.